The van der Waals surface area contributed by atoms with Crippen LogP contribution in [0.4, 0.5) is 5.69 Å². The number of halogens is 1. The monoisotopic (exact) mass is 311 g/mol. The van der Waals surface area contributed by atoms with E-state index in [4.69, 9.17) is 11.6 Å². The summed E-state index contributed by atoms with van der Waals surface area (Å²) in [6, 6.07) is 3.95. The molecule has 0 saturated carbocycles. The minimum absolute atomic E-state index is 0.0570. The number of carbonyl (C=O) groups is 1. The van der Waals surface area contributed by atoms with Gasteiger partial charge in [-0.1, -0.05) is 18.5 Å². The minimum Gasteiger partial charge on any atom is -0.348 e. The third-order valence-corrected chi connectivity index (χ3v) is 4.02. The largest absolute Gasteiger partial charge is 0.348 e. The van der Waals surface area contributed by atoms with E-state index in [0.717, 1.165) is 32.5 Å². The van der Waals surface area contributed by atoms with Gasteiger partial charge < -0.3 is 10.2 Å². The number of amides is 1. The Hall–Kier alpha value is -1.66. The molecule has 2 rings (SSSR count). The minimum atomic E-state index is -0.535. The number of nitrogens with zero attached hydrogens (tertiary/aromatic N) is 2. The molecular formula is C14H18ClN3O3. The molecule has 0 aliphatic carbocycles. The van der Waals surface area contributed by atoms with Gasteiger partial charge in [0.15, 0.2) is 0 Å². The second-order valence-electron chi connectivity index (χ2n) is 5.13. The van der Waals surface area contributed by atoms with E-state index in [9.17, 15) is 14.9 Å². The fourth-order valence-electron chi connectivity index (χ4n) is 2.52. The van der Waals surface area contributed by atoms with Gasteiger partial charge in [0, 0.05) is 24.7 Å². The predicted molar refractivity (Wildman–Crippen MR) is 80.7 cm³/mol. The Morgan fingerprint density at radius 1 is 1.57 bits per heavy atom. The van der Waals surface area contributed by atoms with Crippen molar-refractivity contribution in [3.05, 3.63) is 38.9 Å². The number of non-ortho nitro benzene ring substituents is 1. The highest BCUT2D eigenvalue weighted by molar-refractivity contribution is 6.33. The average Bonchev–Trinajstić information content (AvgIpc) is 2.47. The number of hydrogen-bond acceptors (Lipinski definition) is 4. The summed E-state index contributed by atoms with van der Waals surface area (Å²) in [7, 11) is 0. The first-order valence-corrected chi connectivity index (χ1v) is 7.36. The molecule has 6 nitrogen and oxygen atoms in total. The average molecular weight is 312 g/mol. The number of rotatable bonds is 4. The number of nitro groups is 1. The Labute approximate surface area is 128 Å². The van der Waals surface area contributed by atoms with Crippen LogP contribution in [0.1, 0.15) is 30.1 Å². The Kier molecular flexibility index (Phi) is 5.14. The molecule has 1 aliphatic rings. The maximum absolute atomic E-state index is 12.3. The fraction of sp³-hybridized carbons (Fsp3) is 0.500. The maximum Gasteiger partial charge on any atom is 0.270 e. The van der Waals surface area contributed by atoms with Crippen molar-refractivity contribution in [1.82, 2.24) is 10.2 Å². The SMILES string of the molecule is CCN1CCCC(NC(=O)c2cc([N+](=O)[O-])ccc2Cl)C1. The Morgan fingerprint density at radius 3 is 3.00 bits per heavy atom. The first-order valence-electron chi connectivity index (χ1n) is 6.98. The van der Waals surface area contributed by atoms with Crippen molar-refractivity contribution < 1.29 is 9.72 Å². The lowest BCUT2D eigenvalue weighted by Crippen LogP contribution is -2.47. The standard InChI is InChI=1S/C14H18ClN3O3/c1-2-17-7-3-4-10(9-17)16-14(19)12-8-11(18(20)21)5-6-13(12)15/h5-6,8,10H,2-4,7,9H2,1H3,(H,16,19). The van der Waals surface area contributed by atoms with Crippen LogP contribution in [-0.2, 0) is 0 Å². The van der Waals surface area contributed by atoms with Crippen LogP contribution in [-0.4, -0.2) is 41.4 Å². The van der Waals surface area contributed by atoms with Crippen LogP contribution < -0.4 is 5.32 Å². The molecule has 0 radical (unpaired) electrons. The smallest absolute Gasteiger partial charge is 0.270 e. The molecule has 1 aromatic rings. The van der Waals surface area contributed by atoms with Crippen LogP contribution in [0.25, 0.3) is 0 Å². The van der Waals surface area contributed by atoms with Gasteiger partial charge in [0.05, 0.1) is 15.5 Å². The van der Waals surface area contributed by atoms with Gasteiger partial charge in [-0.3, -0.25) is 14.9 Å². The Balaban J connectivity index is 2.09. The van der Waals surface area contributed by atoms with E-state index < -0.39 is 4.92 Å². The molecular weight excluding hydrogens is 294 g/mol. The van der Waals surface area contributed by atoms with E-state index >= 15 is 0 Å². The van der Waals surface area contributed by atoms with Gasteiger partial charge in [-0.2, -0.15) is 0 Å². The molecule has 21 heavy (non-hydrogen) atoms. The van der Waals surface area contributed by atoms with Crippen molar-refractivity contribution in [1.29, 1.82) is 0 Å². The summed E-state index contributed by atoms with van der Waals surface area (Å²) in [6.07, 6.45) is 1.94. The second kappa shape index (κ2) is 6.87. The molecule has 1 N–H and O–H groups in total. The highest BCUT2D eigenvalue weighted by atomic mass is 35.5. The van der Waals surface area contributed by atoms with Crippen molar-refractivity contribution in [2.24, 2.45) is 0 Å². The molecule has 114 valence electrons. The van der Waals surface area contributed by atoms with E-state index in [0.29, 0.717) is 0 Å². The lowest BCUT2D eigenvalue weighted by atomic mass is 10.0. The molecule has 1 amide bonds. The zero-order valence-electron chi connectivity index (χ0n) is 11.8. The molecule has 1 fully saturated rings. The molecule has 7 heteroatoms. The number of hydrogen-bond donors (Lipinski definition) is 1. The second-order valence-corrected chi connectivity index (χ2v) is 5.53. The lowest BCUT2D eigenvalue weighted by Gasteiger charge is -2.32. The number of likely N-dealkylation sites (tertiary alicyclic amines) is 1. The molecule has 1 aliphatic heterocycles. The van der Waals surface area contributed by atoms with Gasteiger partial charge in [0.2, 0.25) is 0 Å². The van der Waals surface area contributed by atoms with Crippen molar-refractivity contribution in [2.45, 2.75) is 25.8 Å². The number of benzene rings is 1. The van der Waals surface area contributed by atoms with Gasteiger partial charge >= 0.3 is 0 Å². The normalized spacial score (nSPS) is 19.2. The molecule has 1 heterocycles. The van der Waals surface area contributed by atoms with Crippen LogP contribution in [0.3, 0.4) is 0 Å². The lowest BCUT2D eigenvalue weighted by molar-refractivity contribution is -0.384. The van der Waals surface area contributed by atoms with Gasteiger partial charge in [0.25, 0.3) is 11.6 Å². The zero-order valence-corrected chi connectivity index (χ0v) is 12.6. The summed E-state index contributed by atoms with van der Waals surface area (Å²) in [5.74, 6) is -0.355. The van der Waals surface area contributed by atoms with E-state index in [1.165, 1.54) is 18.2 Å². The van der Waals surface area contributed by atoms with Gasteiger partial charge in [0.1, 0.15) is 0 Å². The fourth-order valence-corrected chi connectivity index (χ4v) is 2.73. The zero-order chi connectivity index (χ0) is 15.4. The molecule has 1 atom stereocenters. The summed E-state index contributed by atoms with van der Waals surface area (Å²) in [4.78, 5) is 24.8. The summed E-state index contributed by atoms with van der Waals surface area (Å²) < 4.78 is 0. The quantitative estimate of drug-likeness (QED) is 0.684. The van der Waals surface area contributed by atoms with Gasteiger partial charge in [-0.05, 0) is 32.0 Å². The van der Waals surface area contributed by atoms with Crippen LogP contribution in [0, 0.1) is 10.1 Å². The number of piperidine rings is 1. The highest BCUT2D eigenvalue weighted by Crippen LogP contribution is 2.22. The van der Waals surface area contributed by atoms with Crippen molar-refractivity contribution in [3.63, 3.8) is 0 Å². The summed E-state index contributed by atoms with van der Waals surface area (Å²) in [6.45, 7) is 4.88. The van der Waals surface area contributed by atoms with E-state index in [1.807, 2.05) is 0 Å². The van der Waals surface area contributed by atoms with Gasteiger partial charge in [-0.25, -0.2) is 0 Å². The summed E-state index contributed by atoms with van der Waals surface area (Å²) >= 11 is 5.98. The first-order chi connectivity index (χ1) is 10.0. The third kappa shape index (κ3) is 3.92. The molecule has 1 saturated heterocycles. The third-order valence-electron chi connectivity index (χ3n) is 3.69. The van der Waals surface area contributed by atoms with Crippen molar-refractivity contribution in [2.75, 3.05) is 19.6 Å². The highest BCUT2D eigenvalue weighted by Gasteiger charge is 2.22. The number of likely N-dealkylation sites (N-methyl/N-ethyl adjacent to an activating group) is 1. The van der Waals surface area contributed by atoms with E-state index in [1.54, 1.807) is 0 Å². The molecule has 1 aromatic carbocycles. The first kappa shape index (κ1) is 15.7. The molecule has 0 spiro atoms. The number of carbonyl (C=O) groups excluding carboxylic acids is 1. The predicted octanol–water partition coefficient (Wildman–Crippen LogP) is 2.46. The molecule has 0 aromatic heterocycles. The maximum atomic E-state index is 12.3. The molecule has 1 unspecified atom stereocenters. The van der Waals surface area contributed by atoms with Crippen LogP contribution in [0.15, 0.2) is 18.2 Å². The number of nitro benzene ring substituents is 1. The van der Waals surface area contributed by atoms with Crippen LogP contribution in [0.2, 0.25) is 5.02 Å². The molecule has 0 bridgehead atoms. The van der Waals surface area contributed by atoms with E-state index in [2.05, 4.69) is 17.1 Å². The Morgan fingerprint density at radius 2 is 2.33 bits per heavy atom. The van der Waals surface area contributed by atoms with Crippen molar-refractivity contribution >= 4 is 23.2 Å². The topological polar surface area (TPSA) is 75.5 Å². The van der Waals surface area contributed by atoms with E-state index in [-0.39, 0.29) is 28.2 Å². The summed E-state index contributed by atoms with van der Waals surface area (Å²) in [5.41, 5.74) is 0.0165. The van der Waals surface area contributed by atoms with Gasteiger partial charge in [-0.15, -0.1) is 0 Å². The van der Waals surface area contributed by atoms with Crippen LogP contribution >= 0.6 is 11.6 Å². The van der Waals surface area contributed by atoms with Crippen LogP contribution in [0.5, 0.6) is 0 Å². The number of nitrogens with one attached hydrogen (secondary N) is 1. The van der Waals surface area contributed by atoms with Crippen molar-refractivity contribution in [3.8, 4) is 0 Å². The summed E-state index contributed by atoms with van der Waals surface area (Å²) in [5, 5.41) is 13.9. The Bertz CT molecular complexity index is 550.